The van der Waals surface area contributed by atoms with Crippen LogP contribution in [-0.4, -0.2) is 19.1 Å². The Labute approximate surface area is 85.0 Å². The zero-order valence-electron chi connectivity index (χ0n) is 7.91. The highest BCUT2D eigenvalue weighted by molar-refractivity contribution is 5.93. The molecule has 0 unspecified atom stereocenters. The fraction of sp³-hybridized carbons (Fsp3) is 0.111. The summed E-state index contributed by atoms with van der Waals surface area (Å²) >= 11 is 0. The van der Waals surface area contributed by atoms with Crippen molar-refractivity contribution in [1.29, 1.82) is 0 Å². The Hall–Kier alpha value is -2.11. The summed E-state index contributed by atoms with van der Waals surface area (Å²) in [4.78, 5) is 21.6. The molecule has 1 aromatic rings. The largest absolute Gasteiger partial charge is 0.465 e. The molecule has 0 aliphatic rings. The van der Waals surface area contributed by atoms with E-state index in [0.29, 0.717) is 0 Å². The first kappa shape index (κ1) is 11.0. The normalized spacial score (nSPS) is 9.47. The molecular formula is C9H9FN2O3. The molecule has 0 spiro atoms. The number of esters is 1. The number of hydrogen-bond acceptors (Lipinski definition) is 3. The van der Waals surface area contributed by atoms with Gasteiger partial charge in [-0.2, -0.15) is 0 Å². The molecule has 0 radical (unpaired) electrons. The standard InChI is InChI=1S/C9H9FN2O3/c1-15-8(13)5-2-3-6(10)7(4-5)12-9(11)14/h2-4H,1H3,(H3,11,12,14). The van der Waals surface area contributed by atoms with Crippen LogP contribution in [0.15, 0.2) is 18.2 Å². The van der Waals surface area contributed by atoms with Crippen LogP contribution in [0.4, 0.5) is 14.9 Å². The van der Waals surface area contributed by atoms with Gasteiger partial charge in [0.05, 0.1) is 18.4 Å². The van der Waals surface area contributed by atoms with Gasteiger partial charge in [0.15, 0.2) is 0 Å². The quantitative estimate of drug-likeness (QED) is 0.720. The van der Waals surface area contributed by atoms with E-state index in [0.717, 1.165) is 12.1 Å². The summed E-state index contributed by atoms with van der Waals surface area (Å²) in [6.45, 7) is 0. The average molecular weight is 212 g/mol. The van der Waals surface area contributed by atoms with E-state index in [2.05, 4.69) is 4.74 Å². The first-order valence-corrected chi connectivity index (χ1v) is 3.99. The molecule has 0 heterocycles. The predicted octanol–water partition coefficient (Wildman–Crippen LogP) is 1.10. The monoisotopic (exact) mass is 212 g/mol. The van der Waals surface area contributed by atoms with Gasteiger partial charge in [0.2, 0.25) is 0 Å². The van der Waals surface area contributed by atoms with Crippen LogP contribution in [0, 0.1) is 5.82 Å². The van der Waals surface area contributed by atoms with Crippen molar-refractivity contribution in [2.45, 2.75) is 0 Å². The minimum atomic E-state index is -0.907. The number of nitrogens with one attached hydrogen (secondary N) is 1. The van der Waals surface area contributed by atoms with E-state index in [1.165, 1.54) is 13.2 Å². The van der Waals surface area contributed by atoms with Crippen molar-refractivity contribution in [2.24, 2.45) is 5.73 Å². The lowest BCUT2D eigenvalue weighted by Gasteiger charge is -2.05. The van der Waals surface area contributed by atoms with Crippen LogP contribution < -0.4 is 11.1 Å². The molecule has 0 aliphatic carbocycles. The highest BCUT2D eigenvalue weighted by Crippen LogP contribution is 2.16. The van der Waals surface area contributed by atoms with E-state index in [1.807, 2.05) is 5.32 Å². The maximum absolute atomic E-state index is 13.1. The maximum atomic E-state index is 13.1. The minimum absolute atomic E-state index is 0.127. The average Bonchev–Trinajstić information content (AvgIpc) is 2.19. The van der Waals surface area contributed by atoms with Crippen molar-refractivity contribution in [3.05, 3.63) is 29.6 Å². The van der Waals surface area contributed by atoms with E-state index < -0.39 is 17.8 Å². The molecule has 15 heavy (non-hydrogen) atoms. The first-order chi connectivity index (χ1) is 7.04. The van der Waals surface area contributed by atoms with Crippen LogP contribution in [0.25, 0.3) is 0 Å². The third kappa shape index (κ3) is 2.67. The van der Waals surface area contributed by atoms with Gasteiger partial charge in [0.25, 0.3) is 0 Å². The molecule has 0 aromatic heterocycles. The molecule has 2 amide bonds. The number of hydrogen-bond donors (Lipinski definition) is 2. The highest BCUT2D eigenvalue weighted by Gasteiger charge is 2.10. The number of methoxy groups -OCH3 is 1. The number of rotatable bonds is 2. The van der Waals surface area contributed by atoms with Crippen LogP contribution in [-0.2, 0) is 4.74 Å². The molecule has 1 rings (SSSR count). The molecule has 0 aliphatic heterocycles. The molecule has 0 atom stereocenters. The summed E-state index contributed by atoms with van der Waals surface area (Å²) in [5.74, 6) is -1.30. The Morgan fingerprint density at radius 1 is 1.47 bits per heavy atom. The van der Waals surface area contributed by atoms with Crippen molar-refractivity contribution in [2.75, 3.05) is 12.4 Å². The summed E-state index contributed by atoms with van der Waals surface area (Å²) < 4.78 is 17.5. The third-order valence-corrected chi connectivity index (χ3v) is 1.65. The summed E-state index contributed by atoms with van der Waals surface area (Å²) in [6.07, 6.45) is 0. The molecule has 0 saturated heterocycles. The lowest BCUT2D eigenvalue weighted by molar-refractivity contribution is 0.0600. The molecule has 80 valence electrons. The number of amides is 2. The van der Waals surface area contributed by atoms with Gasteiger partial charge in [-0.3, -0.25) is 0 Å². The van der Waals surface area contributed by atoms with Crippen LogP contribution in [0.2, 0.25) is 0 Å². The zero-order chi connectivity index (χ0) is 11.4. The van der Waals surface area contributed by atoms with Gasteiger partial charge < -0.3 is 15.8 Å². The Morgan fingerprint density at radius 2 is 2.13 bits per heavy atom. The smallest absolute Gasteiger partial charge is 0.337 e. The van der Waals surface area contributed by atoms with E-state index >= 15 is 0 Å². The fourth-order valence-corrected chi connectivity index (χ4v) is 0.999. The number of carbonyl (C=O) groups is 2. The number of benzene rings is 1. The molecule has 0 bridgehead atoms. The van der Waals surface area contributed by atoms with Gasteiger partial charge in [-0.15, -0.1) is 0 Å². The Kier molecular flexibility index (Phi) is 3.22. The second-order valence-electron chi connectivity index (χ2n) is 2.68. The Morgan fingerprint density at radius 3 is 2.67 bits per heavy atom. The van der Waals surface area contributed by atoms with Gasteiger partial charge in [-0.05, 0) is 18.2 Å². The van der Waals surface area contributed by atoms with Crippen LogP contribution in [0.5, 0.6) is 0 Å². The summed E-state index contributed by atoms with van der Waals surface area (Å²) in [5.41, 5.74) is 4.78. The first-order valence-electron chi connectivity index (χ1n) is 3.99. The molecule has 3 N–H and O–H groups in total. The van der Waals surface area contributed by atoms with Crippen molar-refractivity contribution in [3.8, 4) is 0 Å². The molecule has 0 saturated carbocycles. The molecule has 6 heteroatoms. The van der Waals surface area contributed by atoms with Gasteiger partial charge in [0.1, 0.15) is 5.82 Å². The van der Waals surface area contributed by atoms with Crippen molar-refractivity contribution < 1.29 is 18.7 Å². The van der Waals surface area contributed by atoms with Gasteiger partial charge in [0, 0.05) is 0 Å². The number of primary amides is 1. The number of halogens is 1. The van der Waals surface area contributed by atoms with Crippen LogP contribution in [0.1, 0.15) is 10.4 Å². The molecule has 5 nitrogen and oxygen atoms in total. The number of nitrogens with two attached hydrogens (primary N) is 1. The van der Waals surface area contributed by atoms with Crippen molar-refractivity contribution in [3.63, 3.8) is 0 Å². The van der Waals surface area contributed by atoms with E-state index in [-0.39, 0.29) is 11.3 Å². The predicted molar refractivity (Wildman–Crippen MR) is 50.9 cm³/mol. The van der Waals surface area contributed by atoms with Gasteiger partial charge in [-0.25, -0.2) is 14.0 Å². The summed E-state index contributed by atoms with van der Waals surface area (Å²) in [7, 11) is 1.20. The third-order valence-electron chi connectivity index (χ3n) is 1.65. The fourth-order valence-electron chi connectivity index (χ4n) is 0.999. The van der Waals surface area contributed by atoms with Crippen molar-refractivity contribution >= 4 is 17.7 Å². The zero-order valence-corrected chi connectivity index (χ0v) is 7.91. The van der Waals surface area contributed by atoms with Crippen molar-refractivity contribution in [1.82, 2.24) is 0 Å². The summed E-state index contributed by atoms with van der Waals surface area (Å²) in [6, 6.07) is 2.52. The molecular weight excluding hydrogens is 203 g/mol. The van der Waals surface area contributed by atoms with E-state index in [1.54, 1.807) is 0 Å². The van der Waals surface area contributed by atoms with Gasteiger partial charge >= 0.3 is 12.0 Å². The number of carbonyl (C=O) groups excluding carboxylic acids is 2. The summed E-state index contributed by atoms with van der Waals surface area (Å²) in [5, 5.41) is 2.05. The maximum Gasteiger partial charge on any atom is 0.337 e. The lowest BCUT2D eigenvalue weighted by atomic mass is 10.2. The second-order valence-corrected chi connectivity index (χ2v) is 2.68. The van der Waals surface area contributed by atoms with E-state index in [9.17, 15) is 14.0 Å². The number of urea groups is 1. The number of ether oxygens (including phenoxy) is 1. The Bertz CT molecular complexity index is 406. The molecule has 1 aromatic carbocycles. The van der Waals surface area contributed by atoms with Crippen LogP contribution in [0.3, 0.4) is 0 Å². The number of anilines is 1. The van der Waals surface area contributed by atoms with Crippen LogP contribution >= 0.6 is 0 Å². The SMILES string of the molecule is COC(=O)c1ccc(F)c(NC(N)=O)c1. The van der Waals surface area contributed by atoms with Gasteiger partial charge in [-0.1, -0.05) is 0 Å². The second kappa shape index (κ2) is 4.41. The molecule has 0 fully saturated rings. The lowest BCUT2D eigenvalue weighted by Crippen LogP contribution is -2.20. The Balaban J connectivity index is 3.05. The minimum Gasteiger partial charge on any atom is -0.465 e. The van der Waals surface area contributed by atoms with E-state index in [4.69, 9.17) is 5.73 Å². The topological polar surface area (TPSA) is 81.4 Å². The highest BCUT2D eigenvalue weighted by atomic mass is 19.1.